The van der Waals surface area contributed by atoms with E-state index in [1.807, 2.05) is 0 Å². The van der Waals surface area contributed by atoms with Crippen molar-refractivity contribution in [2.75, 3.05) is 19.6 Å². The van der Waals surface area contributed by atoms with Crippen molar-refractivity contribution in [2.24, 2.45) is 0 Å². The van der Waals surface area contributed by atoms with Crippen LogP contribution in [0.25, 0.3) is 0 Å². The number of nitrogens with zero attached hydrogens (tertiary/aromatic N) is 2. The number of rotatable bonds is 0. The van der Waals surface area contributed by atoms with Gasteiger partial charge in [0.1, 0.15) is 5.69 Å². The van der Waals surface area contributed by atoms with Crippen LogP contribution in [-0.2, 0) is 18.3 Å². The summed E-state index contributed by atoms with van der Waals surface area (Å²) in [5.41, 5.74) is -1.08. The van der Waals surface area contributed by atoms with Crippen LogP contribution in [-0.4, -0.2) is 40.3 Å². The van der Waals surface area contributed by atoms with Crippen LogP contribution in [0.1, 0.15) is 24.2 Å². The van der Waals surface area contributed by atoms with Gasteiger partial charge in [-0.15, -0.1) is 0 Å². The molecule has 0 aliphatic carbocycles. The zero-order valence-electron chi connectivity index (χ0n) is 11.3. The second kappa shape index (κ2) is 4.66. The minimum atomic E-state index is -4.42. The third-order valence-electron chi connectivity index (χ3n) is 4.47. The highest BCUT2D eigenvalue weighted by atomic mass is 19.4. The van der Waals surface area contributed by atoms with Gasteiger partial charge < -0.3 is 15.0 Å². The van der Waals surface area contributed by atoms with Crippen molar-refractivity contribution in [3.63, 3.8) is 0 Å². The van der Waals surface area contributed by atoms with Crippen LogP contribution in [0.4, 0.5) is 18.0 Å². The third-order valence-corrected chi connectivity index (χ3v) is 4.47. The summed E-state index contributed by atoms with van der Waals surface area (Å²) in [6, 6.07) is 2.49. The lowest BCUT2D eigenvalue weighted by molar-refractivity contribution is -0.144. The van der Waals surface area contributed by atoms with E-state index in [-0.39, 0.29) is 13.1 Å². The average Bonchev–Trinajstić information content (AvgIpc) is 2.84. The molecule has 1 aromatic rings. The van der Waals surface area contributed by atoms with Gasteiger partial charge in [-0.2, -0.15) is 13.2 Å². The number of hydrogen-bond donors (Lipinski definition) is 2. The Kier molecular flexibility index (Phi) is 3.16. The molecular weight excluding hydrogens is 287 g/mol. The second-order valence-corrected chi connectivity index (χ2v) is 5.47. The van der Waals surface area contributed by atoms with Gasteiger partial charge in [0.2, 0.25) is 0 Å². The molecule has 1 spiro atoms. The van der Waals surface area contributed by atoms with Crippen molar-refractivity contribution in [3.05, 3.63) is 23.5 Å². The zero-order valence-corrected chi connectivity index (χ0v) is 11.3. The summed E-state index contributed by atoms with van der Waals surface area (Å²) in [6.45, 7) is 1.31. The fourth-order valence-electron chi connectivity index (χ4n) is 3.56. The lowest BCUT2D eigenvalue weighted by atomic mass is 9.82. The molecule has 21 heavy (non-hydrogen) atoms. The summed E-state index contributed by atoms with van der Waals surface area (Å²) in [5, 5.41) is 12.6. The SMILES string of the molecule is O=C(O)N1CCn2c(C(F)(F)F)ccc2C12CCNCC2. The Balaban J connectivity index is 2.12. The second-order valence-electron chi connectivity index (χ2n) is 5.47. The van der Waals surface area contributed by atoms with E-state index in [0.717, 1.165) is 6.07 Å². The summed E-state index contributed by atoms with van der Waals surface area (Å²) in [5.74, 6) is 0. The van der Waals surface area contributed by atoms with E-state index in [1.54, 1.807) is 0 Å². The standard InChI is InChI=1S/C13H16F3N3O2/c14-13(15,16)10-2-1-9-12(3-5-17-6-4-12)19(11(20)21)8-7-18(9)10/h1-2,17H,3-8H2,(H,20,21). The molecule has 116 valence electrons. The summed E-state index contributed by atoms with van der Waals surface area (Å²) in [4.78, 5) is 12.8. The Hall–Kier alpha value is -1.70. The molecule has 0 aromatic carbocycles. The van der Waals surface area contributed by atoms with E-state index in [1.165, 1.54) is 15.5 Å². The van der Waals surface area contributed by atoms with Crippen LogP contribution < -0.4 is 5.32 Å². The van der Waals surface area contributed by atoms with Gasteiger partial charge in [-0.1, -0.05) is 0 Å². The number of carbonyl (C=O) groups is 1. The molecule has 1 aromatic heterocycles. The summed E-state index contributed by atoms with van der Waals surface area (Å²) >= 11 is 0. The quantitative estimate of drug-likeness (QED) is 0.771. The molecule has 2 aliphatic rings. The molecule has 0 unspecified atom stereocenters. The number of alkyl halides is 3. The summed E-state index contributed by atoms with van der Waals surface area (Å²) in [7, 11) is 0. The van der Waals surface area contributed by atoms with E-state index < -0.39 is 23.5 Å². The topological polar surface area (TPSA) is 57.5 Å². The molecular formula is C13H16F3N3O2. The highest BCUT2D eigenvalue weighted by molar-refractivity contribution is 5.67. The molecule has 0 radical (unpaired) electrons. The molecule has 0 saturated carbocycles. The van der Waals surface area contributed by atoms with Gasteiger partial charge >= 0.3 is 12.3 Å². The fraction of sp³-hybridized carbons (Fsp3) is 0.615. The summed E-state index contributed by atoms with van der Waals surface area (Å²) < 4.78 is 40.4. The van der Waals surface area contributed by atoms with Crippen molar-refractivity contribution in [1.29, 1.82) is 0 Å². The maximum Gasteiger partial charge on any atom is 0.431 e. The number of amides is 1. The van der Waals surface area contributed by atoms with Crippen LogP contribution in [0.3, 0.4) is 0 Å². The minimum absolute atomic E-state index is 0.0403. The first kappa shape index (κ1) is 14.2. The molecule has 3 heterocycles. The maximum absolute atomic E-state index is 13.1. The first-order valence-corrected chi connectivity index (χ1v) is 6.85. The molecule has 1 amide bonds. The molecule has 3 rings (SSSR count). The van der Waals surface area contributed by atoms with E-state index in [4.69, 9.17) is 0 Å². The van der Waals surface area contributed by atoms with Gasteiger partial charge in [-0.3, -0.25) is 4.90 Å². The van der Waals surface area contributed by atoms with Crippen molar-refractivity contribution in [1.82, 2.24) is 14.8 Å². The van der Waals surface area contributed by atoms with Crippen LogP contribution in [0.15, 0.2) is 12.1 Å². The predicted molar refractivity (Wildman–Crippen MR) is 67.9 cm³/mol. The Morgan fingerprint density at radius 3 is 2.48 bits per heavy atom. The number of fused-ring (bicyclic) bond motifs is 2. The fourth-order valence-corrected chi connectivity index (χ4v) is 3.56. The van der Waals surface area contributed by atoms with Gasteiger partial charge in [-0.25, -0.2) is 4.79 Å². The molecule has 0 atom stereocenters. The zero-order chi connectivity index (χ0) is 15.3. The van der Waals surface area contributed by atoms with Gasteiger partial charge in [0.25, 0.3) is 0 Å². The molecule has 0 bridgehead atoms. The number of piperidine rings is 1. The lowest BCUT2D eigenvalue weighted by Crippen LogP contribution is -2.58. The van der Waals surface area contributed by atoms with Gasteiger partial charge in [0.05, 0.1) is 5.54 Å². The van der Waals surface area contributed by atoms with Gasteiger partial charge in [-0.05, 0) is 38.1 Å². The van der Waals surface area contributed by atoms with Crippen LogP contribution in [0.5, 0.6) is 0 Å². The van der Waals surface area contributed by atoms with E-state index in [0.29, 0.717) is 31.6 Å². The number of nitrogens with one attached hydrogen (secondary N) is 1. The van der Waals surface area contributed by atoms with E-state index in [2.05, 4.69) is 5.32 Å². The van der Waals surface area contributed by atoms with Gasteiger partial charge in [0, 0.05) is 18.8 Å². The Bertz CT molecular complexity index is 561. The highest BCUT2D eigenvalue weighted by Crippen LogP contribution is 2.43. The molecule has 1 saturated heterocycles. The number of aromatic nitrogens is 1. The van der Waals surface area contributed by atoms with E-state index >= 15 is 0 Å². The molecule has 1 fully saturated rings. The van der Waals surface area contributed by atoms with Crippen LogP contribution >= 0.6 is 0 Å². The highest BCUT2D eigenvalue weighted by Gasteiger charge is 2.49. The Morgan fingerprint density at radius 1 is 1.24 bits per heavy atom. The Morgan fingerprint density at radius 2 is 1.90 bits per heavy atom. The van der Waals surface area contributed by atoms with Gasteiger partial charge in [0.15, 0.2) is 0 Å². The number of halogens is 3. The largest absolute Gasteiger partial charge is 0.465 e. The number of carboxylic acid groups (broad SMARTS) is 1. The molecule has 5 nitrogen and oxygen atoms in total. The molecule has 2 N–H and O–H groups in total. The van der Waals surface area contributed by atoms with Crippen LogP contribution in [0, 0.1) is 0 Å². The normalized spacial score (nSPS) is 21.4. The molecule has 2 aliphatic heterocycles. The predicted octanol–water partition coefficient (Wildman–Crippen LogP) is 2.08. The van der Waals surface area contributed by atoms with Crippen molar-refractivity contribution in [2.45, 2.75) is 31.1 Å². The smallest absolute Gasteiger partial charge is 0.431 e. The average molecular weight is 303 g/mol. The monoisotopic (exact) mass is 303 g/mol. The number of hydrogen-bond acceptors (Lipinski definition) is 2. The van der Waals surface area contributed by atoms with Crippen molar-refractivity contribution in [3.8, 4) is 0 Å². The first-order chi connectivity index (χ1) is 9.86. The lowest BCUT2D eigenvalue weighted by Gasteiger charge is -2.49. The third kappa shape index (κ3) is 2.08. The maximum atomic E-state index is 13.1. The first-order valence-electron chi connectivity index (χ1n) is 6.85. The summed E-state index contributed by atoms with van der Waals surface area (Å²) in [6.07, 6.45) is -4.52. The van der Waals surface area contributed by atoms with E-state index in [9.17, 15) is 23.1 Å². The molecule has 8 heteroatoms. The van der Waals surface area contributed by atoms with Crippen molar-refractivity contribution >= 4 is 6.09 Å². The Labute approximate surface area is 119 Å². The van der Waals surface area contributed by atoms with Crippen LogP contribution in [0.2, 0.25) is 0 Å². The minimum Gasteiger partial charge on any atom is -0.465 e. The van der Waals surface area contributed by atoms with Crippen molar-refractivity contribution < 1.29 is 23.1 Å².